The van der Waals surface area contributed by atoms with Crippen LogP contribution in [0.1, 0.15) is 0 Å². The van der Waals surface area contributed by atoms with E-state index in [1.807, 2.05) is 60.4 Å². The van der Waals surface area contributed by atoms with Gasteiger partial charge in [0, 0.05) is 24.2 Å². The first-order valence-corrected chi connectivity index (χ1v) is 11.3. The maximum Gasteiger partial charge on any atom is 0.230 e. The molecule has 0 saturated heterocycles. The van der Waals surface area contributed by atoms with Gasteiger partial charge in [-0.1, -0.05) is 6.07 Å². The van der Waals surface area contributed by atoms with Gasteiger partial charge in [0.25, 0.3) is 0 Å². The number of hydrogen-bond acceptors (Lipinski definition) is 8. The molecular weight excluding hydrogens is 428 g/mol. The highest BCUT2D eigenvalue weighted by Crippen LogP contribution is 2.32. The quantitative estimate of drug-likeness (QED) is 0.324. The summed E-state index contributed by atoms with van der Waals surface area (Å²) in [5, 5.41) is 23.5. The van der Waals surface area contributed by atoms with Crippen LogP contribution in [0, 0.1) is 0 Å². The number of rotatable bonds is 5. The lowest BCUT2D eigenvalue weighted by atomic mass is 10.2. The van der Waals surface area contributed by atoms with Crippen molar-refractivity contribution in [2.45, 2.75) is 0 Å². The van der Waals surface area contributed by atoms with Crippen molar-refractivity contribution in [3.8, 4) is 10.6 Å². The smallest absolute Gasteiger partial charge is 0.230 e. The fourth-order valence-electron chi connectivity index (χ4n) is 3.40. The highest BCUT2D eigenvalue weighted by Gasteiger charge is 2.13. The Bertz CT molecular complexity index is 1510. The zero-order chi connectivity index (χ0) is 20.8. The number of nitrogens with one attached hydrogen (secondary N) is 3. The minimum Gasteiger partial charge on any atom is -0.339 e. The third kappa shape index (κ3) is 3.31. The normalized spacial score (nSPS) is 11.4. The van der Waals surface area contributed by atoms with Crippen LogP contribution in [-0.2, 0) is 7.05 Å². The molecule has 6 rings (SSSR count). The number of aromatic amines is 1. The van der Waals surface area contributed by atoms with E-state index in [-0.39, 0.29) is 0 Å². The van der Waals surface area contributed by atoms with E-state index < -0.39 is 0 Å². The Hall–Kier alpha value is -3.76. The Labute approximate surface area is 184 Å². The van der Waals surface area contributed by atoms with E-state index in [0.29, 0.717) is 5.95 Å². The molecule has 0 unspecified atom stereocenters. The van der Waals surface area contributed by atoms with E-state index in [1.54, 1.807) is 27.4 Å². The van der Waals surface area contributed by atoms with Gasteiger partial charge in [0.05, 0.1) is 26.8 Å². The first-order chi connectivity index (χ1) is 15.2. The van der Waals surface area contributed by atoms with Gasteiger partial charge in [0.1, 0.15) is 11.5 Å². The van der Waals surface area contributed by atoms with Gasteiger partial charge in [-0.25, -0.2) is 4.98 Å². The highest BCUT2D eigenvalue weighted by molar-refractivity contribution is 7.17. The molecule has 1 aromatic carbocycles. The second kappa shape index (κ2) is 7.18. The van der Waals surface area contributed by atoms with Crippen LogP contribution in [0.15, 0.2) is 59.4 Å². The molecule has 3 N–H and O–H groups in total. The van der Waals surface area contributed by atoms with Crippen LogP contribution >= 0.6 is 22.7 Å². The summed E-state index contributed by atoms with van der Waals surface area (Å²) in [6, 6.07) is 14.1. The lowest BCUT2D eigenvalue weighted by molar-refractivity contribution is 0.779. The summed E-state index contributed by atoms with van der Waals surface area (Å²) in [6.45, 7) is 0. The van der Waals surface area contributed by atoms with Crippen LogP contribution in [0.4, 0.5) is 23.3 Å². The first-order valence-electron chi connectivity index (χ1n) is 9.53. The van der Waals surface area contributed by atoms with Crippen LogP contribution in [0.25, 0.3) is 31.7 Å². The molecule has 10 heteroatoms. The van der Waals surface area contributed by atoms with Crippen LogP contribution < -0.4 is 10.6 Å². The molecule has 31 heavy (non-hydrogen) atoms. The Kier molecular flexibility index (Phi) is 4.18. The lowest BCUT2D eigenvalue weighted by Gasteiger charge is -2.10. The van der Waals surface area contributed by atoms with E-state index in [2.05, 4.69) is 37.0 Å². The number of fused-ring (bicyclic) bond motifs is 2. The Morgan fingerprint density at radius 1 is 1.00 bits per heavy atom. The van der Waals surface area contributed by atoms with Crippen molar-refractivity contribution in [3.05, 3.63) is 59.4 Å². The van der Waals surface area contributed by atoms with Crippen molar-refractivity contribution < 1.29 is 0 Å². The predicted octanol–water partition coefficient (Wildman–Crippen LogP) is 5.52. The summed E-state index contributed by atoms with van der Waals surface area (Å²) in [7, 11) is 1.90. The van der Waals surface area contributed by atoms with Crippen LogP contribution in [0.3, 0.4) is 0 Å². The zero-order valence-corrected chi connectivity index (χ0v) is 18.0. The number of nitrogens with zero attached hydrogens (tertiary/aromatic N) is 5. The topological polar surface area (TPSA) is 96.3 Å². The monoisotopic (exact) mass is 444 g/mol. The van der Waals surface area contributed by atoms with E-state index >= 15 is 0 Å². The van der Waals surface area contributed by atoms with Crippen LogP contribution in [0.5, 0.6) is 0 Å². The molecule has 0 radical (unpaired) electrons. The van der Waals surface area contributed by atoms with E-state index in [0.717, 1.165) is 49.0 Å². The summed E-state index contributed by atoms with van der Waals surface area (Å²) in [5.74, 6) is 2.09. The van der Waals surface area contributed by atoms with E-state index in [1.165, 1.54) is 0 Å². The van der Waals surface area contributed by atoms with E-state index in [4.69, 9.17) is 4.98 Å². The number of aromatic nitrogens is 6. The van der Waals surface area contributed by atoms with Crippen molar-refractivity contribution in [1.82, 2.24) is 29.9 Å². The first kappa shape index (κ1) is 18.0. The van der Waals surface area contributed by atoms with Crippen molar-refractivity contribution >= 4 is 67.1 Å². The van der Waals surface area contributed by atoms with Gasteiger partial charge < -0.3 is 10.6 Å². The largest absolute Gasteiger partial charge is 0.339 e. The summed E-state index contributed by atoms with van der Waals surface area (Å²) in [6.07, 6.45) is 1.81. The number of H-pyrrole nitrogens is 1. The van der Waals surface area contributed by atoms with Crippen molar-refractivity contribution in [2.75, 3.05) is 10.6 Å². The summed E-state index contributed by atoms with van der Waals surface area (Å²) >= 11 is 3.27. The average Bonchev–Trinajstić information content (AvgIpc) is 3.56. The summed E-state index contributed by atoms with van der Waals surface area (Å²) in [4.78, 5) is 10.6. The number of anilines is 4. The molecule has 0 aliphatic carbocycles. The van der Waals surface area contributed by atoms with Crippen molar-refractivity contribution in [3.63, 3.8) is 0 Å². The van der Waals surface area contributed by atoms with Crippen molar-refractivity contribution in [1.29, 1.82) is 0 Å². The summed E-state index contributed by atoms with van der Waals surface area (Å²) < 4.78 is 2.80. The van der Waals surface area contributed by atoms with Gasteiger partial charge in [0.15, 0.2) is 5.82 Å². The molecule has 0 atom stereocenters. The summed E-state index contributed by atoms with van der Waals surface area (Å²) in [5.41, 5.74) is 3.74. The fourth-order valence-corrected chi connectivity index (χ4v) is 4.86. The lowest BCUT2D eigenvalue weighted by Crippen LogP contribution is -2.04. The van der Waals surface area contributed by atoms with Gasteiger partial charge >= 0.3 is 0 Å². The molecule has 8 nitrogen and oxygen atoms in total. The molecule has 0 bridgehead atoms. The zero-order valence-electron chi connectivity index (χ0n) is 16.3. The number of benzene rings is 1. The molecular formula is C21H16N8S2. The van der Waals surface area contributed by atoms with Crippen molar-refractivity contribution in [2.24, 2.45) is 7.05 Å². The third-order valence-corrected chi connectivity index (χ3v) is 6.70. The van der Waals surface area contributed by atoms with Crippen LogP contribution in [0.2, 0.25) is 0 Å². The number of aryl methyl sites for hydroxylation is 1. The second-order valence-corrected chi connectivity index (χ2v) is 8.83. The molecule has 0 aliphatic heterocycles. The molecule has 0 saturated carbocycles. The minimum atomic E-state index is 0.513. The van der Waals surface area contributed by atoms with E-state index in [9.17, 15) is 0 Å². The molecule has 0 aliphatic rings. The highest BCUT2D eigenvalue weighted by atomic mass is 32.1. The second-order valence-electron chi connectivity index (χ2n) is 6.97. The maximum atomic E-state index is 4.76. The molecule has 5 aromatic heterocycles. The molecule has 0 fully saturated rings. The molecule has 152 valence electrons. The molecule has 0 amide bonds. The maximum absolute atomic E-state index is 4.76. The van der Waals surface area contributed by atoms with Gasteiger partial charge in [0.2, 0.25) is 5.95 Å². The number of hydrogen-bond donors (Lipinski definition) is 3. The SMILES string of the molecule is Cn1nc(-c2cccs2)cc1Nc1nc(Nc2ccc3[nH]ncc3c2)c2sccc2n1. The number of thiophene rings is 2. The minimum absolute atomic E-state index is 0.513. The van der Waals surface area contributed by atoms with Gasteiger partial charge in [-0.15, -0.1) is 22.7 Å². The molecule has 0 spiro atoms. The Morgan fingerprint density at radius 3 is 2.87 bits per heavy atom. The third-order valence-electron chi connectivity index (χ3n) is 4.90. The van der Waals surface area contributed by atoms with Gasteiger partial charge in [-0.2, -0.15) is 15.2 Å². The molecule has 6 aromatic rings. The van der Waals surface area contributed by atoms with Gasteiger partial charge in [-0.3, -0.25) is 9.78 Å². The average molecular weight is 445 g/mol. The fraction of sp³-hybridized carbons (Fsp3) is 0.0476. The Balaban J connectivity index is 1.35. The van der Waals surface area contributed by atoms with Gasteiger partial charge in [-0.05, 0) is 41.1 Å². The molecule has 5 heterocycles. The van der Waals surface area contributed by atoms with Crippen LogP contribution in [-0.4, -0.2) is 29.9 Å². The predicted molar refractivity (Wildman–Crippen MR) is 127 cm³/mol. The standard InChI is InChI=1S/C21H16N8S2/c1-29-18(10-16(28-29)17-3-2-7-30-17)25-21-24-15-6-8-31-19(15)20(26-21)23-13-4-5-14-12(9-13)11-22-27-14/h2-11H,1H3,(H,22,27)(H2,23,24,25,26). The Morgan fingerprint density at radius 2 is 1.97 bits per heavy atom.